The van der Waals surface area contributed by atoms with Gasteiger partial charge in [-0.25, -0.2) is 0 Å². The van der Waals surface area contributed by atoms with Crippen LogP contribution in [0.4, 0.5) is 0 Å². The van der Waals surface area contributed by atoms with Crippen LogP contribution in [0.5, 0.6) is 0 Å². The van der Waals surface area contributed by atoms with Crippen molar-refractivity contribution in [3.8, 4) is 0 Å². The van der Waals surface area contributed by atoms with Crippen LogP contribution in [0.15, 0.2) is 0 Å². The summed E-state index contributed by atoms with van der Waals surface area (Å²) in [5, 5.41) is 3.53. The Balaban J connectivity index is 1.70. The molecule has 15 heavy (non-hydrogen) atoms. The number of hydrogen-bond acceptors (Lipinski definition) is 2. The third-order valence-electron chi connectivity index (χ3n) is 3.86. The smallest absolute Gasteiger partial charge is 0.00218 e. The molecular weight excluding hydrogens is 184 g/mol. The average Bonchev–Trinajstić information content (AvgIpc) is 2.23. The molecule has 0 spiro atoms. The SMILES string of the molecule is C1CCCN(CC2CCCNC2)CCC1. The van der Waals surface area contributed by atoms with Gasteiger partial charge in [-0.2, -0.15) is 0 Å². The lowest BCUT2D eigenvalue weighted by molar-refractivity contribution is 0.193. The quantitative estimate of drug-likeness (QED) is 0.752. The van der Waals surface area contributed by atoms with Gasteiger partial charge in [-0.1, -0.05) is 19.3 Å². The number of nitrogens with zero attached hydrogens (tertiary/aromatic N) is 1. The number of nitrogens with one attached hydrogen (secondary N) is 1. The third kappa shape index (κ3) is 4.12. The minimum absolute atomic E-state index is 0.929. The van der Waals surface area contributed by atoms with Crippen LogP contribution in [0.1, 0.15) is 44.9 Å². The first-order chi connectivity index (χ1) is 7.45. The van der Waals surface area contributed by atoms with E-state index < -0.39 is 0 Å². The second kappa shape index (κ2) is 6.49. The summed E-state index contributed by atoms with van der Waals surface area (Å²) in [7, 11) is 0. The minimum atomic E-state index is 0.929. The highest BCUT2D eigenvalue weighted by molar-refractivity contribution is 4.73. The largest absolute Gasteiger partial charge is 0.316 e. The predicted octanol–water partition coefficient (Wildman–Crippen LogP) is 2.25. The first-order valence-corrected chi connectivity index (χ1v) is 6.88. The molecule has 2 aliphatic heterocycles. The molecule has 0 aromatic heterocycles. The Morgan fingerprint density at radius 1 is 0.933 bits per heavy atom. The van der Waals surface area contributed by atoms with Crippen molar-refractivity contribution in [1.29, 1.82) is 0 Å². The van der Waals surface area contributed by atoms with Crippen LogP contribution < -0.4 is 5.32 Å². The van der Waals surface area contributed by atoms with Gasteiger partial charge in [-0.15, -0.1) is 0 Å². The normalized spacial score (nSPS) is 30.8. The zero-order chi connectivity index (χ0) is 10.3. The number of hydrogen-bond donors (Lipinski definition) is 1. The Morgan fingerprint density at radius 3 is 2.33 bits per heavy atom. The summed E-state index contributed by atoms with van der Waals surface area (Å²) < 4.78 is 0. The molecule has 1 N–H and O–H groups in total. The van der Waals surface area contributed by atoms with Crippen LogP contribution in [0.25, 0.3) is 0 Å². The van der Waals surface area contributed by atoms with Crippen molar-refractivity contribution in [1.82, 2.24) is 10.2 Å². The van der Waals surface area contributed by atoms with E-state index in [-0.39, 0.29) is 0 Å². The average molecular weight is 210 g/mol. The molecule has 0 saturated carbocycles. The Bertz CT molecular complexity index is 156. The van der Waals surface area contributed by atoms with Crippen LogP contribution in [0.3, 0.4) is 0 Å². The monoisotopic (exact) mass is 210 g/mol. The minimum Gasteiger partial charge on any atom is -0.316 e. The van der Waals surface area contributed by atoms with Gasteiger partial charge in [0.2, 0.25) is 0 Å². The Morgan fingerprint density at radius 2 is 1.67 bits per heavy atom. The Labute approximate surface area is 94.4 Å². The van der Waals surface area contributed by atoms with E-state index >= 15 is 0 Å². The van der Waals surface area contributed by atoms with E-state index in [2.05, 4.69) is 10.2 Å². The molecule has 2 fully saturated rings. The number of piperidine rings is 1. The summed E-state index contributed by atoms with van der Waals surface area (Å²) in [6.45, 7) is 6.58. The first-order valence-electron chi connectivity index (χ1n) is 6.88. The van der Waals surface area contributed by atoms with Crippen molar-refractivity contribution in [3.63, 3.8) is 0 Å². The van der Waals surface area contributed by atoms with Gasteiger partial charge in [0, 0.05) is 6.54 Å². The van der Waals surface area contributed by atoms with E-state index in [1.54, 1.807) is 0 Å². The van der Waals surface area contributed by atoms with Gasteiger partial charge in [0.15, 0.2) is 0 Å². The van der Waals surface area contributed by atoms with Crippen LogP contribution in [-0.2, 0) is 0 Å². The van der Waals surface area contributed by atoms with E-state index in [1.165, 1.54) is 77.7 Å². The molecule has 2 heteroatoms. The zero-order valence-electron chi connectivity index (χ0n) is 10.0. The molecule has 2 rings (SSSR count). The van der Waals surface area contributed by atoms with Gasteiger partial charge >= 0.3 is 0 Å². The standard InChI is InChI=1S/C13H26N2/c1-2-4-9-15(10-5-3-1)12-13-7-6-8-14-11-13/h13-14H,1-12H2. The van der Waals surface area contributed by atoms with Crippen LogP contribution in [-0.4, -0.2) is 37.6 Å². The Kier molecular flexibility index (Phi) is 4.94. The summed E-state index contributed by atoms with van der Waals surface area (Å²) in [5.74, 6) is 0.929. The summed E-state index contributed by atoms with van der Waals surface area (Å²) in [6, 6.07) is 0. The molecule has 2 aliphatic rings. The maximum atomic E-state index is 3.53. The summed E-state index contributed by atoms with van der Waals surface area (Å²) in [6.07, 6.45) is 10.1. The lowest BCUT2D eigenvalue weighted by Crippen LogP contribution is -2.39. The van der Waals surface area contributed by atoms with E-state index in [0.717, 1.165) is 5.92 Å². The van der Waals surface area contributed by atoms with Crippen molar-refractivity contribution < 1.29 is 0 Å². The molecule has 0 aromatic carbocycles. The fraction of sp³-hybridized carbons (Fsp3) is 1.00. The van der Waals surface area contributed by atoms with Crippen molar-refractivity contribution in [3.05, 3.63) is 0 Å². The molecule has 1 unspecified atom stereocenters. The zero-order valence-corrected chi connectivity index (χ0v) is 10.0. The second-order valence-corrected chi connectivity index (χ2v) is 5.28. The predicted molar refractivity (Wildman–Crippen MR) is 65.1 cm³/mol. The summed E-state index contributed by atoms with van der Waals surface area (Å²) in [5.41, 5.74) is 0. The third-order valence-corrected chi connectivity index (χ3v) is 3.86. The molecule has 0 bridgehead atoms. The highest BCUT2D eigenvalue weighted by Crippen LogP contribution is 2.15. The van der Waals surface area contributed by atoms with E-state index in [0.29, 0.717) is 0 Å². The fourth-order valence-electron chi connectivity index (χ4n) is 2.94. The molecule has 2 heterocycles. The molecule has 0 amide bonds. The molecule has 0 aliphatic carbocycles. The summed E-state index contributed by atoms with van der Waals surface area (Å²) >= 11 is 0. The van der Waals surface area contributed by atoms with Crippen LogP contribution in [0, 0.1) is 5.92 Å². The Hall–Kier alpha value is -0.0800. The van der Waals surface area contributed by atoms with E-state index in [9.17, 15) is 0 Å². The molecular formula is C13H26N2. The summed E-state index contributed by atoms with van der Waals surface area (Å²) in [4.78, 5) is 2.72. The molecule has 1 atom stereocenters. The van der Waals surface area contributed by atoms with Crippen molar-refractivity contribution in [2.45, 2.75) is 44.9 Å². The van der Waals surface area contributed by atoms with Crippen LogP contribution >= 0.6 is 0 Å². The topological polar surface area (TPSA) is 15.3 Å². The van der Waals surface area contributed by atoms with Crippen molar-refractivity contribution >= 4 is 0 Å². The lowest BCUT2D eigenvalue weighted by Gasteiger charge is -2.31. The fourth-order valence-corrected chi connectivity index (χ4v) is 2.94. The number of likely N-dealkylation sites (tertiary alicyclic amines) is 1. The van der Waals surface area contributed by atoms with E-state index in [1.807, 2.05) is 0 Å². The molecule has 2 saturated heterocycles. The maximum absolute atomic E-state index is 3.53. The second-order valence-electron chi connectivity index (χ2n) is 5.28. The van der Waals surface area contributed by atoms with Gasteiger partial charge in [0.25, 0.3) is 0 Å². The van der Waals surface area contributed by atoms with E-state index in [4.69, 9.17) is 0 Å². The maximum Gasteiger partial charge on any atom is 0.00218 e. The van der Waals surface area contributed by atoms with Crippen molar-refractivity contribution in [2.24, 2.45) is 5.92 Å². The molecule has 2 nitrogen and oxygen atoms in total. The van der Waals surface area contributed by atoms with Crippen LogP contribution in [0.2, 0.25) is 0 Å². The molecule has 0 aromatic rings. The van der Waals surface area contributed by atoms with Crippen molar-refractivity contribution in [2.75, 3.05) is 32.7 Å². The molecule has 0 radical (unpaired) electrons. The highest BCUT2D eigenvalue weighted by atomic mass is 15.1. The number of rotatable bonds is 2. The lowest BCUT2D eigenvalue weighted by atomic mass is 9.98. The van der Waals surface area contributed by atoms with Gasteiger partial charge in [0.1, 0.15) is 0 Å². The molecule has 88 valence electrons. The highest BCUT2D eigenvalue weighted by Gasteiger charge is 2.17. The van der Waals surface area contributed by atoms with Gasteiger partial charge in [-0.3, -0.25) is 0 Å². The van der Waals surface area contributed by atoms with Gasteiger partial charge in [-0.05, 0) is 57.8 Å². The van der Waals surface area contributed by atoms with Gasteiger partial charge < -0.3 is 10.2 Å². The van der Waals surface area contributed by atoms with Gasteiger partial charge in [0.05, 0.1) is 0 Å². The first kappa shape index (κ1) is 11.4.